The van der Waals surface area contributed by atoms with Crippen LogP contribution in [0, 0.1) is 5.92 Å². The zero-order valence-electron chi connectivity index (χ0n) is 16.0. The van der Waals surface area contributed by atoms with Gasteiger partial charge in [-0.1, -0.05) is 6.92 Å². The van der Waals surface area contributed by atoms with Crippen molar-refractivity contribution in [1.82, 2.24) is 9.97 Å². The zero-order valence-corrected chi connectivity index (χ0v) is 16.8. The molecule has 1 aliphatic heterocycles. The number of carbonyl (C=O) groups excluding carboxylic acids is 1. The van der Waals surface area contributed by atoms with Crippen molar-refractivity contribution in [3.8, 4) is 0 Å². The summed E-state index contributed by atoms with van der Waals surface area (Å²) in [7, 11) is -4.12. The summed E-state index contributed by atoms with van der Waals surface area (Å²) in [5, 5.41) is 6.95. The van der Waals surface area contributed by atoms with Crippen molar-refractivity contribution in [2.75, 3.05) is 23.3 Å². The van der Waals surface area contributed by atoms with E-state index in [0.717, 1.165) is 31.2 Å². The summed E-state index contributed by atoms with van der Waals surface area (Å²) in [5.41, 5.74) is -1.29. The monoisotopic (exact) mass is 443 g/mol. The topological polar surface area (TPSA) is 118 Å². The Bertz CT molecular complexity index is 1060. The van der Waals surface area contributed by atoms with Crippen LogP contribution in [0.5, 0.6) is 0 Å². The predicted molar refractivity (Wildman–Crippen MR) is 103 cm³/mol. The molecule has 1 atom stereocenters. The van der Waals surface area contributed by atoms with Gasteiger partial charge < -0.3 is 10.2 Å². The highest BCUT2D eigenvalue weighted by molar-refractivity contribution is 7.89. The smallest absolute Gasteiger partial charge is 0.356 e. The largest absolute Gasteiger partial charge is 0.417 e. The number of hydrogen-bond acceptors (Lipinski definition) is 6. The van der Waals surface area contributed by atoms with E-state index in [1.807, 2.05) is 6.92 Å². The second-order valence-corrected chi connectivity index (χ2v) is 8.68. The molecular formula is C18H20F3N5O3S. The lowest BCUT2D eigenvalue weighted by Gasteiger charge is -2.33. The Kier molecular flexibility index (Phi) is 5.99. The van der Waals surface area contributed by atoms with Crippen LogP contribution >= 0.6 is 0 Å². The van der Waals surface area contributed by atoms with Gasteiger partial charge in [-0.05, 0) is 30.9 Å². The van der Waals surface area contributed by atoms with Crippen molar-refractivity contribution in [1.29, 1.82) is 0 Å². The maximum absolute atomic E-state index is 13.2. The van der Waals surface area contributed by atoms with Crippen LogP contribution in [0.2, 0.25) is 0 Å². The van der Waals surface area contributed by atoms with Crippen molar-refractivity contribution < 1.29 is 26.4 Å². The van der Waals surface area contributed by atoms with Gasteiger partial charge in [-0.25, -0.2) is 23.5 Å². The molecule has 1 aliphatic rings. The quantitative estimate of drug-likeness (QED) is 0.750. The summed E-state index contributed by atoms with van der Waals surface area (Å²) < 4.78 is 62.5. The van der Waals surface area contributed by atoms with Gasteiger partial charge in [0, 0.05) is 37.2 Å². The molecule has 1 amide bonds. The number of pyridine rings is 2. The second-order valence-electron chi connectivity index (χ2n) is 7.17. The fourth-order valence-electron chi connectivity index (χ4n) is 3.25. The van der Waals surface area contributed by atoms with Gasteiger partial charge in [-0.3, -0.25) is 4.79 Å². The van der Waals surface area contributed by atoms with Crippen LogP contribution in [-0.2, 0) is 16.2 Å². The fourth-order valence-corrected chi connectivity index (χ4v) is 3.75. The standard InChI is InChI=1S/C18H20F3N5O3S/c1-11-3-2-6-26(10-11)16-14(7-12(9-24-16)18(19,20)21)17(27)25-13-4-5-23-15(8-13)30(22,28)29/h4-5,7-9,11H,2-3,6,10H2,1H3,(H2,22,28,29)(H,23,25,27)/t11-/m0/s1. The molecule has 1 saturated heterocycles. The number of amides is 1. The molecule has 2 aromatic heterocycles. The number of alkyl halides is 3. The highest BCUT2D eigenvalue weighted by atomic mass is 32.2. The lowest BCUT2D eigenvalue weighted by atomic mass is 9.99. The molecule has 3 rings (SSSR count). The van der Waals surface area contributed by atoms with Gasteiger partial charge >= 0.3 is 6.18 Å². The minimum Gasteiger partial charge on any atom is -0.356 e. The summed E-state index contributed by atoms with van der Waals surface area (Å²) >= 11 is 0. The van der Waals surface area contributed by atoms with Crippen molar-refractivity contribution in [3.05, 3.63) is 41.7 Å². The van der Waals surface area contributed by atoms with Crippen LogP contribution in [-0.4, -0.2) is 37.4 Å². The molecule has 12 heteroatoms. The van der Waals surface area contributed by atoms with Crippen LogP contribution in [0.15, 0.2) is 35.6 Å². The van der Waals surface area contributed by atoms with Crippen molar-refractivity contribution in [2.24, 2.45) is 11.1 Å². The summed E-state index contributed by atoms with van der Waals surface area (Å²) in [4.78, 5) is 22.2. The Balaban J connectivity index is 1.98. The molecule has 3 N–H and O–H groups in total. The third kappa shape index (κ3) is 5.05. The molecule has 0 saturated carbocycles. The Morgan fingerprint density at radius 3 is 2.67 bits per heavy atom. The van der Waals surface area contributed by atoms with Gasteiger partial charge in [0.25, 0.3) is 15.9 Å². The van der Waals surface area contributed by atoms with E-state index < -0.39 is 32.7 Å². The number of hydrogen-bond donors (Lipinski definition) is 2. The maximum atomic E-state index is 13.2. The van der Waals surface area contributed by atoms with Crippen LogP contribution in [0.25, 0.3) is 0 Å². The fraction of sp³-hybridized carbons (Fsp3) is 0.389. The van der Waals surface area contributed by atoms with Crippen LogP contribution in [0.3, 0.4) is 0 Å². The van der Waals surface area contributed by atoms with E-state index in [-0.39, 0.29) is 17.1 Å². The van der Waals surface area contributed by atoms with E-state index in [1.165, 1.54) is 6.07 Å². The summed E-state index contributed by atoms with van der Waals surface area (Å²) in [6.07, 6.45) is -1.05. The number of anilines is 2. The van der Waals surface area contributed by atoms with E-state index in [0.29, 0.717) is 25.2 Å². The number of rotatable bonds is 4. The maximum Gasteiger partial charge on any atom is 0.417 e. The highest BCUT2D eigenvalue weighted by Crippen LogP contribution is 2.33. The number of aromatic nitrogens is 2. The molecule has 0 unspecified atom stereocenters. The molecule has 3 heterocycles. The van der Waals surface area contributed by atoms with Crippen LogP contribution in [0.1, 0.15) is 35.7 Å². The molecule has 0 spiro atoms. The molecule has 0 radical (unpaired) electrons. The molecule has 0 aliphatic carbocycles. The first kappa shape index (κ1) is 22.0. The van der Waals surface area contributed by atoms with E-state index in [9.17, 15) is 26.4 Å². The predicted octanol–water partition coefficient (Wildman–Crippen LogP) is 2.63. The third-order valence-electron chi connectivity index (χ3n) is 4.68. The Hall–Kier alpha value is -2.73. The van der Waals surface area contributed by atoms with E-state index >= 15 is 0 Å². The van der Waals surface area contributed by atoms with Crippen molar-refractivity contribution in [2.45, 2.75) is 31.0 Å². The number of sulfonamides is 1. The van der Waals surface area contributed by atoms with Crippen molar-refractivity contribution >= 4 is 27.4 Å². The van der Waals surface area contributed by atoms with Gasteiger partial charge in [0.05, 0.1) is 11.1 Å². The minimum atomic E-state index is -4.67. The zero-order chi connectivity index (χ0) is 22.1. The summed E-state index contributed by atoms with van der Waals surface area (Å²) in [6.45, 7) is 3.14. The van der Waals surface area contributed by atoms with Gasteiger partial charge in [-0.15, -0.1) is 0 Å². The normalized spacial score (nSPS) is 17.6. The van der Waals surface area contributed by atoms with Crippen molar-refractivity contribution in [3.63, 3.8) is 0 Å². The molecule has 0 bridgehead atoms. The number of piperidine rings is 1. The highest BCUT2D eigenvalue weighted by Gasteiger charge is 2.33. The van der Waals surface area contributed by atoms with Crippen LogP contribution in [0.4, 0.5) is 24.7 Å². The SMILES string of the molecule is C[C@H]1CCCN(c2ncc(C(F)(F)F)cc2C(=O)Nc2ccnc(S(N)(=O)=O)c2)C1. The lowest BCUT2D eigenvalue weighted by molar-refractivity contribution is -0.137. The number of halogens is 3. The summed E-state index contributed by atoms with van der Waals surface area (Å²) in [6, 6.07) is 3.08. The van der Waals surface area contributed by atoms with Gasteiger partial charge in [0.1, 0.15) is 5.82 Å². The van der Waals surface area contributed by atoms with E-state index in [1.54, 1.807) is 4.90 Å². The molecule has 0 aromatic carbocycles. The van der Waals surface area contributed by atoms with Gasteiger partial charge in [-0.2, -0.15) is 13.2 Å². The van der Waals surface area contributed by atoms with Gasteiger partial charge in [0.2, 0.25) is 0 Å². The molecule has 1 fully saturated rings. The molecule has 30 heavy (non-hydrogen) atoms. The average molecular weight is 443 g/mol. The molecule has 8 nitrogen and oxygen atoms in total. The number of nitrogens with two attached hydrogens (primary N) is 1. The Morgan fingerprint density at radius 2 is 2.03 bits per heavy atom. The first-order valence-corrected chi connectivity index (χ1v) is 10.6. The van der Waals surface area contributed by atoms with Crippen LogP contribution < -0.4 is 15.4 Å². The van der Waals surface area contributed by atoms with E-state index in [4.69, 9.17) is 5.14 Å². The number of carbonyl (C=O) groups is 1. The van der Waals surface area contributed by atoms with E-state index in [2.05, 4.69) is 15.3 Å². The first-order valence-electron chi connectivity index (χ1n) is 9.07. The number of nitrogens with one attached hydrogen (secondary N) is 1. The molecule has 162 valence electrons. The molecular weight excluding hydrogens is 423 g/mol. The van der Waals surface area contributed by atoms with Gasteiger partial charge in [0.15, 0.2) is 5.03 Å². The Morgan fingerprint density at radius 1 is 1.30 bits per heavy atom. The average Bonchev–Trinajstić information content (AvgIpc) is 2.66. The minimum absolute atomic E-state index is 0.0226. The lowest BCUT2D eigenvalue weighted by Crippen LogP contribution is -2.36. The molecule has 2 aromatic rings. The number of primary sulfonamides is 1. The number of nitrogens with zero attached hydrogens (tertiary/aromatic N) is 3. The Labute approximate surface area is 171 Å². The first-order chi connectivity index (χ1) is 13.9. The third-order valence-corrected chi connectivity index (χ3v) is 5.49. The second kappa shape index (κ2) is 8.19. The summed E-state index contributed by atoms with van der Waals surface area (Å²) in [5.74, 6) is -0.405.